The molecule has 0 spiro atoms. The van der Waals surface area contributed by atoms with Crippen molar-refractivity contribution in [1.82, 2.24) is 0 Å². The molecule has 0 saturated heterocycles. The van der Waals surface area contributed by atoms with Gasteiger partial charge in [0.05, 0.1) is 7.11 Å². The summed E-state index contributed by atoms with van der Waals surface area (Å²) in [7, 11) is 1.17. The minimum Gasteiger partial charge on any atom is -0.463 e. The van der Waals surface area contributed by atoms with Gasteiger partial charge in [-0.05, 0) is 11.6 Å². The van der Waals surface area contributed by atoms with Gasteiger partial charge in [-0.15, -0.1) is 0 Å². The van der Waals surface area contributed by atoms with E-state index in [0.29, 0.717) is 10.6 Å². The van der Waals surface area contributed by atoms with E-state index in [1.165, 1.54) is 7.11 Å². The molecule has 0 aliphatic carbocycles. The number of halogens is 1. The van der Waals surface area contributed by atoms with E-state index in [4.69, 9.17) is 11.6 Å². The Labute approximate surface area is 86.6 Å². The third-order valence-corrected chi connectivity index (χ3v) is 2.09. The van der Waals surface area contributed by atoms with Gasteiger partial charge in [0.2, 0.25) is 5.78 Å². The van der Waals surface area contributed by atoms with Crippen LogP contribution in [0.15, 0.2) is 24.3 Å². The number of methoxy groups -OCH3 is 1. The molecule has 0 radical (unpaired) electrons. The fourth-order valence-electron chi connectivity index (χ4n) is 1.00. The van der Waals surface area contributed by atoms with Gasteiger partial charge in [0.15, 0.2) is 0 Å². The summed E-state index contributed by atoms with van der Waals surface area (Å²) in [4.78, 5) is 22.0. The lowest BCUT2D eigenvalue weighted by molar-refractivity contribution is -0.151. The first-order chi connectivity index (χ1) is 6.65. The van der Waals surface area contributed by atoms with Crippen molar-refractivity contribution in [2.24, 2.45) is 0 Å². The Balaban J connectivity index is 2.75. The maximum absolute atomic E-state index is 11.2. The van der Waals surface area contributed by atoms with Crippen LogP contribution >= 0.6 is 11.6 Å². The number of rotatable bonds is 3. The van der Waals surface area contributed by atoms with Gasteiger partial charge in [0.1, 0.15) is 0 Å². The lowest BCUT2D eigenvalue weighted by atomic mass is 10.1. The van der Waals surface area contributed by atoms with Gasteiger partial charge in [-0.2, -0.15) is 0 Å². The van der Waals surface area contributed by atoms with Crippen molar-refractivity contribution < 1.29 is 14.3 Å². The zero-order valence-electron chi connectivity index (χ0n) is 7.62. The summed E-state index contributed by atoms with van der Waals surface area (Å²) in [5, 5.41) is 0.477. The molecule has 0 unspecified atom stereocenters. The molecule has 0 aliphatic heterocycles. The highest BCUT2D eigenvalue weighted by molar-refractivity contribution is 6.35. The van der Waals surface area contributed by atoms with E-state index < -0.39 is 11.8 Å². The number of hydrogen-bond acceptors (Lipinski definition) is 3. The summed E-state index contributed by atoms with van der Waals surface area (Å²) in [5.41, 5.74) is 0.629. The standard InChI is InChI=1S/C10H9ClO3/c1-14-10(13)9(12)6-7-4-2-3-5-8(7)11/h2-5H,6H2,1H3. The molecule has 0 heterocycles. The summed E-state index contributed by atoms with van der Waals surface area (Å²) >= 11 is 5.81. The largest absolute Gasteiger partial charge is 0.463 e. The van der Waals surface area contributed by atoms with Gasteiger partial charge in [-0.25, -0.2) is 4.79 Å². The Kier molecular flexibility index (Phi) is 3.65. The van der Waals surface area contributed by atoms with Gasteiger partial charge in [0.25, 0.3) is 0 Å². The molecule has 74 valence electrons. The van der Waals surface area contributed by atoms with Gasteiger partial charge in [-0.3, -0.25) is 4.79 Å². The van der Waals surface area contributed by atoms with E-state index in [1.807, 2.05) is 0 Å². The van der Waals surface area contributed by atoms with Crippen LogP contribution in [-0.4, -0.2) is 18.9 Å². The maximum Gasteiger partial charge on any atom is 0.374 e. The summed E-state index contributed by atoms with van der Waals surface area (Å²) in [6, 6.07) is 6.88. The van der Waals surface area contributed by atoms with Gasteiger partial charge >= 0.3 is 5.97 Å². The molecule has 3 nitrogen and oxygen atoms in total. The second-order valence-corrected chi connectivity index (χ2v) is 3.09. The molecule has 1 rings (SSSR count). The van der Waals surface area contributed by atoms with Crippen LogP contribution in [0.1, 0.15) is 5.56 Å². The Morgan fingerprint density at radius 3 is 2.57 bits per heavy atom. The first-order valence-corrected chi connectivity index (χ1v) is 4.37. The quantitative estimate of drug-likeness (QED) is 0.565. The molecule has 0 amide bonds. The monoisotopic (exact) mass is 212 g/mol. The van der Waals surface area contributed by atoms with Crippen LogP contribution in [0.5, 0.6) is 0 Å². The first kappa shape index (κ1) is 10.7. The van der Waals surface area contributed by atoms with Crippen molar-refractivity contribution >= 4 is 23.4 Å². The number of ketones is 1. The van der Waals surface area contributed by atoms with Gasteiger partial charge in [0, 0.05) is 11.4 Å². The highest BCUT2D eigenvalue weighted by Gasteiger charge is 2.15. The fourth-order valence-corrected chi connectivity index (χ4v) is 1.20. The number of benzene rings is 1. The van der Waals surface area contributed by atoms with E-state index in [9.17, 15) is 9.59 Å². The Hall–Kier alpha value is -1.35. The normalized spacial score (nSPS) is 9.57. The molecule has 4 heteroatoms. The molecular formula is C10H9ClO3. The molecule has 0 fully saturated rings. The van der Waals surface area contributed by atoms with Crippen molar-refractivity contribution in [3.63, 3.8) is 0 Å². The van der Waals surface area contributed by atoms with E-state index >= 15 is 0 Å². The Bertz CT molecular complexity index is 360. The van der Waals surface area contributed by atoms with Crippen molar-refractivity contribution in [2.75, 3.05) is 7.11 Å². The van der Waals surface area contributed by atoms with Crippen molar-refractivity contribution in [3.8, 4) is 0 Å². The van der Waals surface area contributed by atoms with Crippen molar-refractivity contribution in [1.29, 1.82) is 0 Å². The number of hydrogen-bond donors (Lipinski definition) is 0. The molecule has 14 heavy (non-hydrogen) atoms. The lowest BCUT2D eigenvalue weighted by Crippen LogP contribution is -2.17. The average Bonchev–Trinajstić information content (AvgIpc) is 2.20. The van der Waals surface area contributed by atoms with Crippen LogP contribution in [0, 0.1) is 0 Å². The maximum atomic E-state index is 11.2. The number of carbonyl (C=O) groups is 2. The van der Waals surface area contributed by atoms with Crippen LogP contribution in [0.4, 0.5) is 0 Å². The summed E-state index contributed by atoms with van der Waals surface area (Å²) in [6.45, 7) is 0. The third kappa shape index (κ3) is 2.57. The summed E-state index contributed by atoms with van der Waals surface area (Å²) in [6.07, 6.45) is -0.0215. The molecule has 0 aromatic heterocycles. The smallest absolute Gasteiger partial charge is 0.374 e. The Morgan fingerprint density at radius 2 is 2.00 bits per heavy atom. The lowest BCUT2D eigenvalue weighted by Gasteiger charge is -2.01. The molecule has 0 N–H and O–H groups in total. The zero-order valence-corrected chi connectivity index (χ0v) is 8.38. The number of Topliss-reactive ketones (excluding diaryl/α,β-unsaturated/α-hetero) is 1. The Morgan fingerprint density at radius 1 is 1.36 bits per heavy atom. The number of carbonyl (C=O) groups excluding carboxylic acids is 2. The summed E-state index contributed by atoms with van der Waals surface area (Å²) in [5.74, 6) is -1.44. The second-order valence-electron chi connectivity index (χ2n) is 2.68. The van der Waals surface area contributed by atoms with E-state index in [2.05, 4.69) is 4.74 Å². The minimum atomic E-state index is -0.843. The molecule has 0 bridgehead atoms. The molecule has 0 atom stereocenters. The molecule has 0 saturated carbocycles. The van der Waals surface area contributed by atoms with Crippen molar-refractivity contribution in [2.45, 2.75) is 6.42 Å². The topological polar surface area (TPSA) is 43.4 Å². The van der Waals surface area contributed by atoms with Crippen LogP contribution in [0.25, 0.3) is 0 Å². The molecule has 1 aromatic rings. The highest BCUT2D eigenvalue weighted by Crippen LogP contribution is 2.15. The fraction of sp³-hybridized carbons (Fsp3) is 0.200. The molecule has 0 aliphatic rings. The molecular weight excluding hydrogens is 204 g/mol. The molecule has 1 aromatic carbocycles. The van der Waals surface area contributed by atoms with Gasteiger partial charge < -0.3 is 4.74 Å². The highest BCUT2D eigenvalue weighted by atomic mass is 35.5. The van der Waals surface area contributed by atoms with E-state index in [1.54, 1.807) is 24.3 Å². The number of ether oxygens (including phenoxy) is 1. The van der Waals surface area contributed by atoms with Crippen LogP contribution in [0.3, 0.4) is 0 Å². The predicted octanol–water partition coefficient (Wildman–Crippen LogP) is 1.62. The summed E-state index contributed by atoms with van der Waals surface area (Å²) < 4.78 is 4.29. The predicted molar refractivity (Wildman–Crippen MR) is 52.2 cm³/mol. The SMILES string of the molecule is COC(=O)C(=O)Cc1ccccc1Cl. The van der Waals surface area contributed by atoms with Gasteiger partial charge in [-0.1, -0.05) is 29.8 Å². The van der Waals surface area contributed by atoms with Crippen molar-refractivity contribution in [3.05, 3.63) is 34.9 Å². The van der Waals surface area contributed by atoms with E-state index in [-0.39, 0.29) is 6.42 Å². The van der Waals surface area contributed by atoms with Crippen LogP contribution in [-0.2, 0) is 20.7 Å². The zero-order chi connectivity index (χ0) is 10.6. The minimum absolute atomic E-state index is 0.0215. The second kappa shape index (κ2) is 4.77. The van der Waals surface area contributed by atoms with Crippen LogP contribution < -0.4 is 0 Å². The van der Waals surface area contributed by atoms with E-state index in [0.717, 1.165) is 0 Å². The number of esters is 1. The first-order valence-electron chi connectivity index (χ1n) is 3.99. The third-order valence-electron chi connectivity index (χ3n) is 1.72. The average molecular weight is 213 g/mol. The van der Waals surface area contributed by atoms with Crippen LogP contribution in [0.2, 0.25) is 5.02 Å².